The minimum Gasteiger partial charge on any atom is -0.324 e. The maximum Gasteiger partial charge on any atom is 0.417 e. The average molecular weight is 428 g/mol. The molecule has 1 aromatic carbocycles. The first-order valence-electron chi connectivity index (χ1n) is 9.49. The second-order valence-electron chi connectivity index (χ2n) is 7.20. The van der Waals surface area contributed by atoms with Crippen LogP contribution < -0.4 is 5.32 Å². The zero-order valence-corrected chi connectivity index (χ0v) is 16.8. The third-order valence-corrected chi connectivity index (χ3v) is 4.72. The van der Waals surface area contributed by atoms with Gasteiger partial charge in [-0.1, -0.05) is 12.1 Å². The summed E-state index contributed by atoms with van der Waals surface area (Å²) < 4.78 is 43.3. The molecule has 0 fully saturated rings. The second kappa shape index (κ2) is 7.86. The Morgan fingerprint density at radius 2 is 1.97 bits per heavy atom. The third-order valence-electron chi connectivity index (χ3n) is 4.72. The molecule has 0 atom stereocenters. The largest absolute Gasteiger partial charge is 0.417 e. The summed E-state index contributed by atoms with van der Waals surface area (Å²) in [4.78, 5) is 16.8. The standard InChI is InChI=1S/C21H19F3N6O/c1-13-9-17(21(22,23)24)19-14(2)28-30(20(19)26-13)12-18(31)27-16-6-3-5-15(10-16)11-29-8-4-7-25-29/h3-10H,11-12H2,1-2H3,(H,27,31). The van der Waals surface area contributed by atoms with Crippen LogP contribution in [0.3, 0.4) is 0 Å². The van der Waals surface area contributed by atoms with Crippen molar-refractivity contribution in [1.29, 1.82) is 0 Å². The Balaban J connectivity index is 1.56. The first-order chi connectivity index (χ1) is 14.7. The molecule has 0 bridgehead atoms. The van der Waals surface area contributed by atoms with Gasteiger partial charge in [-0.2, -0.15) is 23.4 Å². The minimum absolute atomic E-state index is 0.0346. The van der Waals surface area contributed by atoms with Crippen molar-refractivity contribution in [3.8, 4) is 0 Å². The average Bonchev–Trinajstić information content (AvgIpc) is 3.29. The van der Waals surface area contributed by atoms with Gasteiger partial charge in [0.2, 0.25) is 5.91 Å². The quantitative estimate of drug-likeness (QED) is 0.522. The Labute approximate surface area is 175 Å². The van der Waals surface area contributed by atoms with Crippen molar-refractivity contribution >= 4 is 22.6 Å². The van der Waals surface area contributed by atoms with Crippen LogP contribution in [0.25, 0.3) is 11.0 Å². The molecule has 3 heterocycles. The van der Waals surface area contributed by atoms with Crippen LogP contribution in [0.2, 0.25) is 0 Å². The molecule has 0 aliphatic heterocycles. The lowest BCUT2D eigenvalue weighted by molar-refractivity contribution is -0.136. The van der Waals surface area contributed by atoms with Gasteiger partial charge in [0.25, 0.3) is 0 Å². The zero-order chi connectivity index (χ0) is 22.2. The summed E-state index contributed by atoms with van der Waals surface area (Å²) in [5.41, 5.74) is 1.12. The number of fused-ring (bicyclic) bond motifs is 1. The molecule has 0 aliphatic rings. The van der Waals surface area contributed by atoms with E-state index >= 15 is 0 Å². The summed E-state index contributed by atoms with van der Waals surface area (Å²) in [6, 6.07) is 10.1. The van der Waals surface area contributed by atoms with Crippen LogP contribution in [0.15, 0.2) is 48.8 Å². The fraction of sp³-hybridized carbons (Fsp3) is 0.238. The fourth-order valence-corrected chi connectivity index (χ4v) is 3.48. The fourth-order valence-electron chi connectivity index (χ4n) is 3.48. The molecule has 10 heteroatoms. The number of aromatic nitrogens is 5. The number of alkyl halides is 3. The highest BCUT2D eigenvalue weighted by molar-refractivity contribution is 5.92. The van der Waals surface area contributed by atoms with E-state index in [0.717, 1.165) is 11.6 Å². The van der Waals surface area contributed by atoms with E-state index in [9.17, 15) is 18.0 Å². The van der Waals surface area contributed by atoms with Crippen molar-refractivity contribution in [3.63, 3.8) is 0 Å². The molecule has 1 amide bonds. The number of halogens is 3. The third kappa shape index (κ3) is 4.42. The summed E-state index contributed by atoms with van der Waals surface area (Å²) >= 11 is 0. The molecule has 0 saturated heterocycles. The van der Waals surface area contributed by atoms with E-state index in [4.69, 9.17) is 0 Å². The molecule has 0 spiro atoms. The summed E-state index contributed by atoms with van der Waals surface area (Å²) in [7, 11) is 0. The molecule has 0 aliphatic carbocycles. The Morgan fingerprint density at radius 1 is 1.16 bits per heavy atom. The topological polar surface area (TPSA) is 77.6 Å². The normalized spacial score (nSPS) is 11.8. The molecule has 0 unspecified atom stereocenters. The predicted molar refractivity (Wildman–Crippen MR) is 108 cm³/mol. The Morgan fingerprint density at radius 3 is 2.68 bits per heavy atom. The highest BCUT2D eigenvalue weighted by Crippen LogP contribution is 2.36. The van der Waals surface area contributed by atoms with E-state index < -0.39 is 17.6 Å². The van der Waals surface area contributed by atoms with Crippen molar-refractivity contribution in [3.05, 3.63) is 71.3 Å². The van der Waals surface area contributed by atoms with Gasteiger partial charge in [-0.05, 0) is 43.7 Å². The maximum atomic E-state index is 13.5. The summed E-state index contributed by atoms with van der Waals surface area (Å²) in [6.45, 7) is 3.23. The number of hydrogen-bond donors (Lipinski definition) is 1. The molecular formula is C21H19F3N6O. The van der Waals surface area contributed by atoms with Gasteiger partial charge in [-0.3, -0.25) is 9.48 Å². The van der Waals surface area contributed by atoms with E-state index in [0.29, 0.717) is 12.2 Å². The molecule has 160 valence electrons. The van der Waals surface area contributed by atoms with Crippen molar-refractivity contribution < 1.29 is 18.0 Å². The van der Waals surface area contributed by atoms with E-state index in [2.05, 4.69) is 20.5 Å². The lowest BCUT2D eigenvalue weighted by Gasteiger charge is -2.10. The number of nitrogens with one attached hydrogen (secondary N) is 1. The van der Waals surface area contributed by atoms with Gasteiger partial charge in [0.05, 0.1) is 23.2 Å². The predicted octanol–water partition coefficient (Wildman–Crippen LogP) is 3.95. The van der Waals surface area contributed by atoms with Gasteiger partial charge in [0.15, 0.2) is 5.65 Å². The van der Waals surface area contributed by atoms with Gasteiger partial charge >= 0.3 is 6.18 Å². The first kappa shape index (κ1) is 20.6. The number of carbonyl (C=O) groups is 1. The number of anilines is 1. The van der Waals surface area contributed by atoms with Gasteiger partial charge in [0, 0.05) is 23.8 Å². The van der Waals surface area contributed by atoms with Crippen LogP contribution in [0, 0.1) is 13.8 Å². The number of carbonyl (C=O) groups excluding carboxylic acids is 1. The second-order valence-corrected chi connectivity index (χ2v) is 7.20. The molecule has 4 aromatic rings. The molecule has 7 nitrogen and oxygen atoms in total. The maximum absolute atomic E-state index is 13.5. The lowest BCUT2D eigenvalue weighted by Crippen LogP contribution is -2.20. The van der Waals surface area contributed by atoms with Crippen LogP contribution in [0.5, 0.6) is 0 Å². The smallest absolute Gasteiger partial charge is 0.324 e. The number of benzene rings is 1. The van der Waals surface area contributed by atoms with E-state index in [-0.39, 0.29) is 29.0 Å². The van der Waals surface area contributed by atoms with Gasteiger partial charge in [-0.15, -0.1) is 0 Å². The van der Waals surface area contributed by atoms with Gasteiger partial charge in [-0.25, -0.2) is 9.67 Å². The molecular weight excluding hydrogens is 409 g/mol. The number of hydrogen-bond acceptors (Lipinski definition) is 4. The monoisotopic (exact) mass is 428 g/mol. The summed E-state index contributed by atoms with van der Waals surface area (Å²) in [5, 5.41) is 11.0. The molecule has 1 N–H and O–H groups in total. The van der Waals surface area contributed by atoms with Crippen molar-refractivity contribution in [2.24, 2.45) is 0 Å². The van der Waals surface area contributed by atoms with Crippen molar-refractivity contribution in [1.82, 2.24) is 24.5 Å². The molecule has 4 rings (SSSR count). The van der Waals surface area contributed by atoms with Gasteiger partial charge < -0.3 is 5.32 Å². The van der Waals surface area contributed by atoms with Crippen LogP contribution in [0.1, 0.15) is 22.5 Å². The first-order valence-corrected chi connectivity index (χ1v) is 9.49. The molecule has 0 saturated carbocycles. The molecule has 31 heavy (non-hydrogen) atoms. The highest BCUT2D eigenvalue weighted by Gasteiger charge is 2.35. The Kier molecular flexibility index (Phi) is 5.22. The zero-order valence-electron chi connectivity index (χ0n) is 16.8. The Hall–Kier alpha value is -3.69. The number of aryl methyl sites for hydroxylation is 2. The number of pyridine rings is 1. The number of rotatable bonds is 5. The van der Waals surface area contributed by atoms with Crippen molar-refractivity contribution in [2.75, 3.05) is 5.32 Å². The number of nitrogens with zero attached hydrogens (tertiary/aromatic N) is 5. The van der Waals surface area contributed by atoms with E-state index in [1.807, 2.05) is 30.5 Å². The van der Waals surface area contributed by atoms with E-state index in [1.165, 1.54) is 18.5 Å². The van der Waals surface area contributed by atoms with Gasteiger partial charge in [0.1, 0.15) is 6.54 Å². The van der Waals surface area contributed by atoms with Crippen LogP contribution in [0.4, 0.5) is 18.9 Å². The van der Waals surface area contributed by atoms with Crippen molar-refractivity contribution in [2.45, 2.75) is 33.1 Å². The van der Waals surface area contributed by atoms with Crippen LogP contribution in [-0.2, 0) is 24.1 Å². The summed E-state index contributed by atoms with van der Waals surface area (Å²) in [6.07, 6.45) is -1.02. The molecule has 0 radical (unpaired) electrons. The van der Waals surface area contributed by atoms with E-state index in [1.54, 1.807) is 16.9 Å². The van der Waals surface area contributed by atoms with Crippen LogP contribution in [-0.4, -0.2) is 30.5 Å². The summed E-state index contributed by atoms with van der Waals surface area (Å²) in [5.74, 6) is -0.419. The highest BCUT2D eigenvalue weighted by atomic mass is 19.4. The SMILES string of the molecule is Cc1cc(C(F)(F)F)c2c(C)nn(CC(=O)Nc3cccc(Cn4cccn4)c3)c2n1. The lowest BCUT2D eigenvalue weighted by atomic mass is 10.1. The molecule has 3 aromatic heterocycles. The van der Waals surface area contributed by atoms with Crippen LogP contribution >= 0.6 is 0 Å². The number of amides is 1. The Bertz CT molecular complexity index is 1240. The minimum atomic E-state index is -4.54.